The molecule has 2 heterocycles. The van der Waals surface area contributed by atoms with Crippen LogP contribution in [0.25, 0.3) is 11.0 Å². The van der Waals surface area contributed by atoms with Crippen molar-refractivity contribution in [3.8, 4) is 0 Å². The Labute approximate surface area is 77.4 Å². The monoisotopic (exact) mass is 197 g/mol. The first-order chi connectivity index (χ1) is 6.18. The molecule has 66 valence electrons. The van der Waals surface area contributed by atoms with Gasteiger partial charge in [0.05, 0.1) is 5.39 Å². The second-order valence-electron chi connectivity index (χ2n) is 2.39. The van der Waals surface area contributed by atoms with Gasteiger partial charge in [0, 0.05) is 6.20 Å². The summed E-state index contributed by atoms with van der Waals surface area (Å²) in [6, 6.07) is 1.59. The SMILES string of the molecule is O=C(O)c1nc(Cl)nc2[nH]ccc12. The van der Waals surface area contributed by atoms with E-state index in [1.807, 2.05) is 0 Å². The Bertz CT molecular complexity index is 480. The molecule has 0 bridgehead atoms. The third-order valence-electron chi connectivity index (χ3n) is 1.59. The standard InChI is InChI=1S/C7H4ClN3O2/c8-7-10-4(6(12)13)3-1-2-9-5(3)11-7/h1-2H,(H,12,13)(H,9,10,11). The minimum absolute atomic E-state index is 0.0765. The minimum Gasteiger partial charge on any atom is -0.476 e. The van der Waals surface area contributed by atoms with Gasteiger partial charge in [-0.1, -0.05) is 0 Å². The highest BCUT2D eigenvalue weighted by molar-refractivity contribution is 6.28. The molecule has 2 aromatic rings. The second-order valence-corrected chi connectivity index (χ2v) is 2.72. The van der Waals surface area contributed by atoms with E-state index in [1.165, 1.54) is 0 Å². The molecule has 2 aromatic heterocycles. The summed E-state index contributed by atoms with van der Waals surface area (Å²) in [5.74, 6) is -1.12. The number of aromatic amines is 1. The van der Waals surface area contributed by atoms with Crippen molar-refractivity contribution in [2.75, 3.05) is 0 Å². The molecule has 2 rings (SSSR count). The van der Waals surface area contributed by atoms with Gasteiger partial charge in [-0.2, -0.15) is 4.98 Å². The van der Waals surface area contributed by atoms with E-state index in [1.54, 1.807) is 12.3 Å². The summed E-state index contributed by atoms with van der Waals surface area (Å²) in [6.07, 6.45) is 1.59. The Balaban J connectivity index is 2.84. The Hall–Kier alpha value is -1.62. The van der Waals surface area contributed by atoms with Crippen molar-refractivity contribution >= 4 is 28.6 Å². The lowest BCUT2D eigenvalue weighted by Gasteiger charge is -1.95. The topological polar surface area (TPSA) is 78.9 Å². The zero-order valence-corrected chi connectivity index (χ0v) is 7.04. The minimum atomic E-state index is -1.12. The molecule has 13 heavy (non-hydrogen) atoms. The van der Waals surface area contributed by atoms with E-state index in [0.717, 1.165) is 0 Å². The molecule has 0 aliphatic heterocycles. The number of nitrogens with one attached hydrogen (secondary N) is 1. The van der Waals surface area contributed by atoms with Crippen molar-refractivity contribution < 1.29 is 9.90 Å². The molecule has 6 heteroatoms. The second kappa shape index (κ2) is 2.70. The number of carboxylic acids is 1. The van der Waals surface area contributed by atoms with E-state index in [-0.39, 0.29) is 11.0 Å². The van der Waals surface area contributed by atoms with Gasteiger partial charge in [-0.25, -0.2) is 9.78 Å². The van der Waals surface area contributed by atoms with Crippen LogP contribution < -0.4 is 0 Å². The molecule has 0 radical (unpaired) electrons. The van der Waals surface area contributed by atoms with E-state index in [9.17, 15) is 4.79 Å². The number of aromatic carboxylic acids is 1. The van der Waals surface area contributed by atoms with Crippen LogP contribution in [0.1, 0.15) is 10.5 Å². The predicted molar refractivity (Wildman–Crippen MR) is 45.9 cm³/mol. The molecule has 2 N–H and O–H groups in total. The highest BCUT2D eigenvalue weighted by Crippen LogP contribution is 2.16. The number of fused-ring (bicyclic) bond motifs is 1. The molecular formula is C7H4ClN3O2. The molecule has 0 aliphatic rings. The Morgan fingerprint density at radius 3 is 3.00 bits per heavy atom. The van der Waals surface area contributed by atoms with Crippen LogP contribution in [-0.4, -0.2) is 26.0 Å². The summed E-state index contributed by atoms with van der Waals surface area (Å²) in [6.45, 7) is 0. The number of nitrogens with zero attached hydrogens (tertiary/aromatic N) is 2. The van der Waals surface area contributed by atoms with Gasteiger partial charge in [0.15, 0.2) is 5.69 Å². The maximum absolute atomic E-state index is 10.7. The first-order valence-corrected chi connectivity index (χ1v) is 3.80. The Morgan fingerprint density at radius 1 is 1.54 bits per heavy atom. The average molecular weight is 198 g/mol. The molecule has 0 spiro atoms. The molecule has 0 atom stereocenters. The number of rotatable bonds is 1. The summed E-state index contributed by atoms with van der Waals surface area (Å²) < 4.78 is 0. The van der Waals surface area contributed by atoms with E-state index in [4.69, 9.17) is 16.7 Å². The number of hydrogen-bond acceptors (Lipinski definition) is 3. The van der Waals surface area contributed by atoms with Crippen molar-refractivity contribution in [3.63, 3.8) is 0 Å². The summed E-state index contributed by atoms with van der Waals surface area (Å²) in [5, 5.41) is 9.14. The van der Waals surface area contributed by atoms with Gasteiger partial charge >= 0.3 is 5.97 Å². The van der Waals surface area contributed by atoms with Crippen LogP contribution in [0.5, 0.6) is 0 Å². The van der Waals surface area contributed by atoms with Gasteiger partial charge in [-0.05, 0) is 17.7 Å². The molecule has 0 unspecified atom stereocenters. The molecule has 0 saturated carbocycles. The lowest BCUT2D eigenvalue weighted by atomic mass is 10.3. The molecule has 5 nitrogen and oxygen atoms in total. The van der Waals surface area contributed by atoms with Gasteiger partial charge in [0.25, 0.3) is 0 Å². The third-order valence-corrected chi connectivity index (χ3v) is 1.76. The van der Waals surface area contributed by atoms with Crippen LogP contribution in [-0.2, 0) is 0 Å². The molecule has 0 amide bonds. The van der Waals surface area contributed by atoms with Crippen LogP contribution >= 0.6 is 11.6 Å². The van der Waals surface area contributed by atoms with Crippen molar-refractivity contribution in [1.29, 1.82) is 0 Å². The highest BCUT2D eigenvalue weighted by Gasteiger charge is 2.13. The zero-order valence-electron chi connectivity index (χ0n) is 6.28. The number of aromatic nitrogens is 3. The number of halogens is 1. The maximum Gasteiger partial charge on any atom is 0.355 e. The molecule has 0 aliphatic carbocycles. The summed E-state index contributed by atoms with van der Waals surface area (Å²) in [7, 11) is 0. The first kappa shape index (κ1) is 8.00. The van der Waals surface area contributed by atoms with E-state index < -0.39 is 5.97 Å². The number of carbonyl (C=O) groups is 1. The van der Waals surface area contributed by atoms with Crippen molar-refractivity contribution in [2.45, 2.75) is 0 Å². The van der Waals surface area contributed by atoms with Crippen molar-refractivity contribution in [2.24, 2.45) is 0 Å². The first-order valence-electron chi connectivity index (χ1n) is 3.42. The number of H-pyrrole nitrogens is 1. The summed E-state index contributed by atoms with van der Waals surface area (Å²) in [5.41, 5.74) is 0.341. The Morgan fingerprint density at radius 2 is 2.31 bits per heavy atom. The molecular weight excluding hydrogens is 194 g/mol. The largest absolute Gasteiger partial charge is 0.476 e. The molecule has 0 fully saturated rings. The fourth-order valence-corrected chi connectivity index (χ4v) is 1.25. The average Bonchev–Trinajstić information content (AvgIpc) is 2.49. The Kier molecular flexibility index (Phi) is 1.66. The van der Waals surface area contributed by atoms with Crippen LogP contribution in [0.2, 0.25) is 5.28 Å². The lowest BCUT2D eigenvalue weighted by molar-refractivity contribution is 0.0692. The van der Waals surface area contributed by atoms with Crippen molar-refractivity contribution in [1.82, 2.24) is 15.0 Å². The fraction of sp³-hybridized carbons (Fsp3) is 0. The number of hydrogen-bond donors (Lipinski definition) is 2. The number of carboxylic acid groups (broad SMARTS) is 1. The summed E-state index contributed by atoms with van der Waals surface area (Å²) >= 11 is 5.52. The van der Waals surface area contributed by atoms with E-state index >= 15 is 0 Å². The van der Waals surface area contributed by atoms with Gasteiger partial charge in [-0.15, -0.1) is 0 Å². The third kappa shape index (κ3) is 1.23. The molecule has 0 aromatic carbocycles. The highest BCUT2D eigenvalue weighted by atomic mass is 35.5. The summed E-state index contributed by atoms with van der Waals surface area (Å²) in [4.78, 5) is 20.9. The normalized spacial score (nSPS) is 10.5. The van der Waals surface area contributed by atoms with Crippen LogP contribution in [0.3, 0.4) is 0 Å². The van der Waals surface area contributed by atoms with Crippen LogP contribution in [0.4, 0.5) is 0 Å². The van der Waals surface area contributed by atoms with Crippen LogP contribution in [0.15, 0.2) is 12.3 Å². The lowest BCUT2D eigenvalue weighted by Crippen LogP contribution is -2.02. The predicted octanol–water partition coefficient (Wildman–Crippen LogP) is 1.31. The van der Waals surface area contributed by atoms with Gasteiger partial charge in [-0.3, -0.25) is 0 Å². The zero-order chi connectivity index (χ0) is 9.42. The van der Waals surface area contributed by atoms with Crippen LogP contribution in [0, 0.1) is 0 Å². The van der Waals surface area contributed by atoms with Gasteiger partial charge < -0.3 is 10.1 Å². The van der Waals surface area contributed by atoms with E-state index in [2.05, 4.69) is 15.0 Å². The smallest absolute Gasteiger partial charge is 0.355 e. The van der Waals surface area contributed by atoms with Crippen molar-refractivity contribution in [3.05, 3.63) is 23.2 Å². The van der Waals surface area contributed by atoms with Gasteiger partial charge in [0.2, 0.25) is 5.28 Å². The van der Waals surface area contributed by atoms with E-state index in [0.29, 0.717) is 11.0 Å². The molecule has 0 saturated heterocycles. The van der Waals surface area contributed by atoms with Gasteiger partial charge in [0.1, 0.15) is 5.65 Å². The fourth-order valence-electron chi connectivity index (χ4n) is 1.08. The quantitative estimate of drug-likeness (QED) is 0.676. The maximum atomic E-state index is 10.7.